The quantitative estimate of drug-likeness (QED) is 0.815. The fourth-order valence-electron chi connectivity index (χ4n) is 3.30. The fourth-order valence-corrected chi connectivity index (χ4v) is 3.30. The highest BCUT2D eigenvalue weighted by Crippen LogP contribution is 2.20. The van der Waals surface area contributed by atoms with Crippen molar-refractivity contribution in [3.05, 3.63) is 65.5 Å². The molecule has 2 aromatic rings. The Labute approximate surface area is 158 Å². The van der Waals surface area contributed by atoms with Crippen molar-refractivity contribution < 1.29 is 18.7 Å². The average molecular weight is 370 g/mol. The van der Waals surface area contributed by atoms with Gasteiger partial charge < -0.3 is 15.0 Å². The molecular formula is C21H23FN2O3. The molecule has 0 aromatic heterocycles. The van der Waals surface area contributed by atoms with Crippen LogP contribution in [0.15, 0.2) is 48.5 Å². The van der Waals surface area contributed by atoms with Crippen molar-refractivity contribution in [2.24, 2.45) is 5.92 Å². The minimum atomic E-state index is -0.382. The molecule has 142 valence electrons. The van der Waals surface area contributed by atoms with E-state index in [1.165, 1.54) is 6.07 Å². The van der Waals surface area contributed by atoms with Crippen molar-refractivity contribution in [3.63, 3.8) is 0 Å². The van der Waals surface area contributed by atoms with Crippen LogP contribution in [0.4, 0.5) is 4.39 Å². The topological polar surface area (TPSA) is 58.6 Å². The zero-order chi connectivity index (χ0) is 19.2. The van der Waals surface area contributed by atoms with E-state index in [1.807, 2.05) is 24.3 Å². The number of methoxy groups -OCH3 is 1. The fraction of sp³-hybridized carbons (Fsp3) is 0.333. The number of nitrogens with one attached hydrogen (secondary N) is 1. The molecule has 6 heteroatoms. The SMILES string of the molecule is COc1ccccc1CNC(=O)C1CC(=O)N(CCc2ccccc2F)C1. The smallest absolute Gasteiger partial charge is 0.225 e. The van der Waals surface area contributed by atoms with Gasteiger partial charge in [0.1, 0.15) is 11.6 Å². The number of halogens is 1. The van der Waals surface area contributed by atoms with Crippen LogP contribution in [-0.4, -0.2) is 36.9 Å². The van der Waals surface area contributed by atoms with E-state index in [0.717, 1.165) is 5.56 Å². The van der Waals surface area contributed by atoms with E-state index in [0.29, 0.717) is 37.4 Å². The first-order chi connectivity index (χ1) is 13.1. The number of nitrogens with zero attached hydrogens (tertiary/aromatic N) is 1. The first-order valence-corrected chi connectivity index (χ1v) is 8.99. The molecule has 1 N–H and O–H groups in total. The first kappa shape index (κ1) is 18.9. The predicted octanol–water partition coefficient (Wildman–Crippen LogP) is 2.54. The zero-order valence-corrected chi connectivity index (χ0v) is 15.3. The summed E-state index contributed by atoms with van der Waals surface area (Å²) in [5.41, 5.74) is 1.46. The van der Waals surface area contributed by atoms with Crippen LogP contribution in [0.5, 0.6) is 5.75 Å². The van der Waals surface area contributed by atoms with Crippen LogP contribution in [-0.2, 0) is 22.6 Å². The number of amides is 2. The standard InChI is InChI=1S/C21H23FN2O3/c1-27-19-9-5-3-7-16(19)13-23-21(26)17-12-20(25)24(14-17)11-10-15-6-2-4-8-18(15)22/h2-9,17H,10-14H2,1H3,(H,23,26). The number of carbonyl (C=O) groups is 2. The van der Waals surface area contributed by atoms with Crippen molar-refractivity contribution in [3.8, 4) is 5.75 Å². The van der Waals surface area contributed by atoms with Crippen LogP contribution in [0, 0.1) is 11.7 Å². The van der Waals surface area contributed by atoms with E-state index >= 15 is 0 Å². The minimum absolute atomic E-state index is 0.0659. The molecule has 2 aromatic carbocycles. The molecule has 3 rings (SSSR count). The molecular weight excluding hydrogens is 347 g/mol. The van der Waals surface area contributed by atoms with Gasteiger partial charge in [-0.3, -0.25) is 9.59 Å². The molecule has 27 heavy (non-hydrogen) atoms. The number of benzene rings is 2. The molecule has 1 atom stereocenters. The molecule has 0 bridgehead atoms. The molecule has 0 aliphatic carbocycles. The normalized spacial score (nSPS) is 16.4. The first-order valence-electron chi connectivity index (χ1n) is 8.99. The molecule has 1 fully saturated rings. The van der Waals surface area contributed by atoms with Gasteiger partial charge in [-0.15, -0.1) is 0 Å². The van der Waals surface area contributed by atoms with Crippen LogP contribution in [0.3, 0.4) is 0 Å². The second-order valence-electron chi connectivity index (χ2n) is 6.61. The molecule has 0 spiro atoms. The summed E-state index contributed by atoms with van der Waals surface area (Å²) in [5.74, 6) is -0.152. The summed E-state index contributed by atoms with van der Waals surface area (Å²) in [6, 6.07) is 14.0. The molecule has 2 amide bonds. The van der Waals surface area contributed by atoms with Gasteiger partial charge in [-0.1, -0.05) is 36.4 Å². The Bertz CT molecular complexity index is 825. The maximum Gasteiger partial charge on any atom is 0.225 e. The minimum Gasteiger partial charge on any atom is -0.496 e. The summed E-state index contributed by atoms with van der Waals surface area (Å²) < 4.78 is 19.0. The van der Waals surface area contributed by atoms with Crippen LogP contribution < -0.4 is 10.1 Å². The highest BCUT2D eigenvalue weighted by Gasteiger charge is 2.34. The Morgan fingerprint density at radius 2 is 1.89 bits per heavy atom. The van der Waals surface area contributed by atoms with E-state index in [4.69, 9.17) is 4.74 Å². The number of para-hydroxylation sites is 1. The third-order valence-corrected chi connectivity index (χ3v) is 4.84. The van der Waals surface area contributed by atoms with Gasteiger partial charge in [0.15, 0.2) is 0 Å². The van der Waals surface area contributed by atoms with Crippen molar-refractivity contribution >= 4 is 11.8 Å². The van der Waals surface area contributed by atoms with Crippen molar-refractivity contribution in [2.75, 3.05) is 20.2 Å². The molecule has 1 unspecified atom stereocenters. The maximum atomic E-state index is 13.7. The lowest BCUT2D eigenvalue weighted by atomic mass is 10.1. The van der Waals surface area contributed by atoms with Gasteiger partial charge in [-0.25, -0.2) is 4.39 Å². The number of rotatable bonds is 7. The summed E-state index contributed by atoms with van der Waals surface area (Å²) in [7, 11) is 1.59. The lowest BCUT2D eigenvalue weighted by molar-refractivity contribution is -0.129. The zero-order valence-electron chi connectivity index (χ0n) is 15.3. The Morgan fingerprint density at radius 3 is 2.63 bits per heavy atom. The third-order valence-electron chi connectivity index (χ3n) is 4.84. The lowest BCUT2D eigenvalue weighted by Gasteiger charge is -2.17. The largest absolute Gasteiger partial charge is 0.496 e. The second kappa shape index (κ2) is 8.66. The summed E-state index contributed by atoms with van der Waals surface area (Å²) in [4.78, 5) is 26.3. The number of hydrogen-bond donors (Lipinski definition) is 1. The van der Waals surface area contributed by atoms with Gasteiger partial charge in [0.25, 0.3) is 0 Å². The van der Waals surface area contributed by atoms with E-state index in [2.05, 4.69) is 5.32 Å². The molecule has 5 nitrogen and oxygen atoms in total. The summed E-state index contributed by atoms with van der Waals surface area (Å²) in [6.45, 7) is 1.13. The molecule has 0 saturated carbocycles. The van der Waals surface area contributed by atoms with Crippen molar-refractivity contribution in [1.29, 1.82) is 0 Å². The van der Waals surface area contributed by atoms with Gasteiger partial charge in [0.05, 0.1) is 13.0 Å². The van der Waals surface area contributed by atoms with Crippen LogP contribution in [0.1, 0.15) is 17.5 Å². The molecule has 1 aliphatic heterocycles. The van der Waals surface area contributed by atoms with Crippen molar-refractivity contribution in [2.45, 2.75) is 19.4 Å². The predicted molar refractivity (Wildman–Crippen MR) is 99.6 cm³/mol. The highest BCUT2D eigenvalue weighted by molar-refractivity contribution is 5.89. The summed E-state index contributed by atoms with van der Waals surface area (Å²) in [6.07, 6.45) is 0.628. The highest BCUT2D eigenvalue weighted by atomic mass is 19.1. The van der Waals surface area contributed by atoms with Gasteiger partial charge >= 0.3 is 0 Å². The van der Waals surface area contributed by atoms with Crippen LogP contribution in [0.25, 0.3) is 0 Å². The second-order valence-corrected chi connectivity index (χ2v) is 6.61. The van der Waals surface area contributed by atoms with Gasteiger partial charge in [-0.05, 0) is 24.1 Å². The Hall–Kier alpha value is -2.89. The van der Waals surface area contributed by atoms with E-state index < -0.39 is 0 Å². The molecule has 1 saturated heterocycles. The lowest BCUT2D eigenvalue weighted by Crippen LogP contribution is -2.33. The van der Waals surface area contributed by atoms with E-state index in [1.54, 1.807) is 30.2 Å². The molecule has 1 aliphatic rings. The van der Waals surface area contributed by atoms with Crippen LogP contribution in [0.2, 0.25) is 0 Å². The number of ether oxygens (including phenoxy) is 1. The number of carbonyl (C=O) groups excluding carboxylic acids is 2. The summed E-state index contributed by atoms with van der Waals surface area (Å²) in [5, 5.41) is 2.88. The molecule has 0 radical (unpaired) electrons. The summed E-state index contributed by atoms with van der Waals surface area (Å²) >= 11 is 0. The maximum absolute atomic E-state index is 13.7. The van der Waals surface area contributed by atoms with Gasteiger partial charge in [0, 0.05) is 31.6 Å². The van der Waals surface area contributed by atoms with Gasteiger partial charge in [0.2, 0.25) is 11.8 Å². The Balaban J connectivity index is 1.52. The van der Waals surface area contributed by atoms with Gasteiger partial charge in [-0.2, -0.15) is 0 Å². The monoisotopic (exact) mass is 370 g/mol. The van der Waals surface area contributed by atoms with E-state index in [9.17, 15) is 14.0 Å². The average Bonchev–Trinajstić information content (AvgIpc) is 3.06. The van der Waals surface area contributed by atoms with E-state index in [-0.39, 0.29) is 30.0 Å². The Kier molecular flexibility index (Phi) is 6.06. The number of hydrogen-bond acceptors (Lipinski definition) is 3. The van der Waals surface area contributed by atoms with Crippen LogP contribution >= 0.6 is 0 Å². The molecule has 1 heterocycles. The van der Waals surface area contributed by atoms with Crippen molar-refractivity contribution in [1.82, 2.24) is 10.2 Å². The third kappa shape index (κ3) is 4.64. The number of likely N-dealkylation sites (tertiary alicyclic amines) is 1. The Morgan fingerprint density at radius 1 is 1.19 bits per heavy atom.